The molecule has 0 radical (unpaired) electrons. The van der Waals surface area contributed by atoms with Gasteiger partial charge in [-0.25, -0.2) is 4.79 Å². The molecule has 0 unspecified atom stereocenters. The monoisotopic (exact) mass is 340 g/mol. The summed E-state index contributed by atoms with van der Waals surface area (Å²) < 4.78 is 0. The van der Waals surface area contributed by atoms with Crippen LogP contribution in [0.4, 0.5) is 0 Å². The average molecular weight is 340 g/mol. The maximum atomic E-state index is 11.5. The smallest absolute Gasteiger partial charge is 0.330 e. The predicted octanol–water partition coefficient (Wildman–Crippen LogP) is 1.33. The number of hydrogen-bond acceptors (Lipinski definition) is 6. The van der Waals surface area contributed by atoms with Gasteiger partial charge in [0.1, 0.15) is 0 Å². The minimum absolute atomic E-state index is 0.0734. The standard InChI is InChI=1S/C14H18N2O6.C2H6/c17-10-5-6-11(18)15(10)9-3-1-2-4-14(21)22-16-12(19)7-8-13(16)20;1-2/h1-9H2;1-2H3. The second-order valence-electron chi connectivity index (χ2n) is 5.29. The van der Waals surface area contributed by atoms with Crippen LogP contribution in [0.15, 0.2) is 0 Å². The first-order valence-electron chi connectivity index (χ1n) is 8.39. The first-order chi connectivity index (χ1) is 11.5. The van der Waals surface area contributed by atoms with E-state index in [-0.39, 0.29) is 43.9 Å². The molecule has 2 aliphatic rings. The maximum Gasteiger partial charge on any atom is 0.333 e. The molecule has 0 spiro atoms. The van der Waals surface area contributed by atoms with Crippen molar-refractivity contribution in [2.24, 2.45) is 0 Å². The summed E-state index contributed by atoms with van der Waals surface area (Å²) in [6.45, 7) is 4.37. The number of rotatable bonds is 7. The Morgan fingerprint density at radius 1 is 0.833 bits per heavy atom. The van der Waals surface area contributed by atoms with Gasteiger partial charge in [-0.1, -0.05) is 20.3 Å². The summed E-state index contributed by atoms with van der Waals surface area (Å²) in [4.78, 5) is 62.8. The largest absolute Gasteiger partial charge is 0.333 e. The topological polar surface area (TPSA) is 101 Å². The zero-order valence-electron chi connectivity index (χ0n) is 14.2. The number of likely N-dealkylation sites (tertiary alicyclic amines) is 1. The lowest BCUT2D eigenvalue weighted by molar-refractivity contribution is -0.197. The molecule has 134 valence electrons. The molecular formula is C16H24N2O6. The molecule has 0 aromatic heterocycles. The van der Waals surface area contributed by atoms with Gasteiger partial charge in [0.25, 0.3) is 11.8 Å². The van der Waals surface area contributed by atoms with Crippen LogP contribution in [-0.2, 0) is 28.8 Å². The maximum absolute atomic E-state index is 11.5. The van der Waals surface area contributed by atoms with Gasteiger partial charge in [0, 0.05) is 38.6 Å². The molecule has 0 saturated carbocycles. The molecule has 0 N–H and O–H groups in total. The van der Waals surface area contributed by atoms with Crippen molar-refractivity contribution < 1.29 is 28.8 Å². The van der Waals surface area contributed by atoms with Crippen LogP contribution in [0.1, 0.15) is 65.2 Å². The lowest BCUT2D eigenvalue weighted by Crippen LogP contribution is -2.32. The molecule has 2 fully saturated rings. The van der Waals surface area contributed by atoms with Crippen LogP contribution in [0.3, 0.4) is 0 Å². The Morgan fingerprint density at radius 3 is 1.88 bits per heavy atom. The summed E-state index contributed by atoms with van der Waals surface area (Å²) in [7, 11) is 0. The van der Waals surface area contributed by atoms with Crippen LogP contribution < -0.4 is 0 Å². The molecule has 8 nitrogen and oxygen atoms in total. The molecule has 2 heterocycles. The van der Waals surface area contributed by atoms with Crippen molar-refractivity contribution >= 4 is 29.6 Å². The van der Waals surface area contributed by atoms with E-state index in [0.717, 1.165) is 0 Å². The van der Waals surface area contributed by atoms with E-state index in [1.807, 2.05) is 13.8 Å². The van der Waals surface area contributed by atoms with Gasteiger partial charge >= 0.3 is 5.97 Å². The van der Waals surface area contributed by atoms with E-state index in [4.69, 9.17) is 4.84 Å². The van der Waals surface area contributed by atoms with Crippen LogP contribution in [-0.4, -0.2) is 46.1 Å². The van der Waals surface area contributed by atoms with Gasteiger partial charge in [0.05, 0.1) is 0 Å². The van der Waals surface area contributed by atoms with Crippen LogP contribution in [0.25, 0.3) is 0 Å². The van der Waals surface area contributed by atoms with Crippen molar-refractivity contribution in [3.8, 4) is 0 Å². The molecule has 0 bridgehead atoms. The lowest BCUT2D eigenvalue weighted by Gasteiger charge is -2.14. The van der Waals surface area contributed by atoms with Crippen molar-refractivity contribution in [1.29, 1.82) is 0 Å². The number of hydrogen-bond donors (Lipinski definition) is 0. The van der Waals surface area contributed by atoms with Crippen molar-refractivity contribution in [3.05, 3.63) is 0 Å². The van der Waals surface area contributed by atoms with Gasteiger partial charge in [-0.3, -0.25) is 24.1 Å². The second kappa shape index (κ2) is 9.79. The number of nitrogens with zero attached hydrogens (tertiary/aromatic N) is 2. The van der Waals surface area contributed by atoms with Crippen molar-refractivity contribution in [3.63, 3.8) is 0 Å². The van der Waals surface area contributed by atoms with Gasteiger partial charge in [-0.2, -0.15) is 0 Å². The van der Waals surface area contributed by atoms with E-state index in [1.54, 1.807) is 0 Å². The third kappa shape index (κ3) is 5.43. The van der Waals surface area contributed by atoms with Crippen LogP contribution in [0, 0.1) is 0 Å². The molecule has 0 atom stereocenters. The quantitative estimate of drug-likeness (QED) is 0.512. The normalized spacial score (nSPS) is 17.2. The van der Waals surface area contributed by atoms with Gasteiger partial charge < -0.3 is 4.84 Å². The van der Waals surface area contributed by atoms with Gasteiger partial charge in [0.15, 0.2) is 0 Å². The second-order valence-corrected chi connectivity index (χ2v) is 5.29. The van der Waals surface area contributed by atoms with E-state index < -0.39 is 17.8 Å². The minimum atomic E-state index is -0.628. The Morgan fingerprint density at radius 2 is 1.33 bits per heavy atom. The zero-order chi connectivity index (χ0) is 18.1. The molecule has 8 heteroatoms. The molecule has 2 aliphatic heterocycles. The van der Waals surface area contributed by atoms with Crippen LogP contribution in [0.2, 0.25) is 0 Å². The van der Waals surface area contributed by atoms with E-state index in [1.165, 1.54) is 4.90 Å². The van der Waals surface area contributed by atoms with E-state index in [2.05, 4.69) is 0 Å². The third-order valence-corrected chi connectivity index (χ3v) is 3.62. The number of imide groups is 2. The highest BCUT2D eigenvalue weighted by Crippen LogP contribution is 2.15. The summed E-state index contributed by atoms with van der Waals surface area (Å²) in [5.74, 6) is -1.91. The SMILES string of the molecule is CC.O=C(CCCCCN1C(=O)CCC1=O)ON1C(=O)CCC1=O. The number of unbranched alkanes of at least 4 members (excludes halogenated alkanes) is 2. The number of hydroxylamine groups is 2. The highest BCUT2D eigenvalue weighted by molar-refractivity contribution is 6.02. The molecule has 2 rings (SSSR count). The summed E-state index contributed by atoms with van der Waals surface area (Å²) >= 11 is 0. The summed E-state index contributed by atoms with van der Waals surface area (Å²) in [5, 5.41) is 0.532. The average Bonchev–Trinajstić information content (AvgIpc) is 3.06. The van der Waals surface area contributed by atoms with Gasteiger partial charge in [0.2, 0.25) is 11.8 Å². The molecule has 4 amide bonds. The van der Waals surface area contributed by atoms with Crippen LogP contribution >= 0.6 is 0 Å². The summed E-state index contributed by atoms with van der Waals surface area (Å²) in [6, 6.07) is 0. The minimum Gasteiger partial charge on any atom is -0.330 e. The summed E-state index contributed by atoms with van der Waals surface area (Å²) in [6.07, 6.45) is 2.56. The molecule has 24 heavy (non-hydrogen) atoms. The molecule has 2 saturated heterocycles. The highest BCUT2D eigenvalue weighted by Gasteiger charge is 2.32. The highest BCUT2D eigenvalue weighted by atomic mass is 16.7. The Bertz CT molecular complexity index is 485. The first kappa shape index (κ1) is 19.8. The van der Waals surface area contributed by atoms with Crippen molar-refractivity contribution in [2.45, 2.75) is 65.2 Å². The molecule has 0 aromatic rings. The molecular weight excluding hydrogens is 316 g/mol. The van der Waals surface area contributed by atoms with Crippen molar-refractivity contribution in [1.82, 2.24) is 9.96 Å². The number of carbonyl (C=O) groups is 5. The van der Waals surface area contributed by atoms with Gasteiger partial charge in [-0.05, 0) is 12.8 Å². The van der Waals surface area contributed by atoms with E-state index >= 15 is 0 Å². The first-order valence-corrected chi connectivity index (χ1v) is 8.39. The Kier molecular flexibility index (Phi) is 8.08. The fourth-order valence-corrected chi connectivity index (χ4v) is 2.39. The van der Waals surface area contributed by atoms with Crippen molar-refractivity contribution in [2.75, 3.05) is 6.54 Å². The van der Waals surface area contributed by atoms with Gasteiger partial charge in [-0.15, -0.1) is 5.06 Å². The lowest BCUT2D eigenvalue weighted by atomic mass is 10.2. The van der Waals surface area contributed by atoms with E-state index in [9.17, 15) is 24.0 Å². The number of amides is 4. The predicted molar refractivity (Wildman–Crippen MR) is 82.9 cm³/mol. The zero-order valence-corrected chi connectivity index (χ0v) is 14.2. The summed E-state index contributed by atoms with van der Waals surface area (Å²) in [5.41, 5.74) is 0. The molecule has 0 aromatic carbocycles. The van der Waals surface area contributed by atoms with Crippen LogP contribution in [0.5, 0.6) is 0 Å². The van der Waals surface area contributed by atoms with E-state index in [0.29, 0.717) is 30.9 Å². The number of carbonyl (C=O) groups excluding carboxylic acids is 5. The fourth-order valence-electron chi connectivity index (χ4n) is 2.39. The Balaban J connectivity index is 0.00000139. The Hall–Kier alpha value is -2.25. The Labute approximate surface area is 141 Å². The fraction of sp³-hybridized carbons (Fsp3) is 0.688. The molecule has 0 aliphatic carbocycles. The third-order valence-electron chi connectivity index (χ3n) is 3.62.